The number of aliphatic hydroxyl groups is 1. The minimum Gasteiger partial charge on any atom is -0.383 e. The largest absolute Gasteiger partial charge is 0.383 e. The van der Waals surface area contributed by atoms with Gasteiger partial charge in [0.25, 0.3) is 0 Å². The highest BCUT2D eigenvalue weighted by molar-refractivity contribution is 5.62. The zero-order chi connectivity index (χ0) is 19.8. The molecule has 0 aliphatic heterocycles. The molecule has 28 heavy (non-hydrogen) atoms. The SMILES string of the molecule is C=C/C=C(\C=C/C)[C@@](O)(Cc1ccc(-c2ccccc2)cn1)Cn1cnnn1. The van der Waals surface area contributed by atoms with E-state index in [4.69, 9.17) is 0 Å². The third-order valence-electron chi connectivity index (χ3n) is 4.40. The van der Waals surface area contributed by atoms with Gasteiger partial charge < -0.3 is 5.11 Å². The van der Waals surface area contributed by atoms with E-state index in [0.29, 0.717) is 6.42 Å². The minimum absolute atomic E-state index is 0.201. The standard InChI is InChI=1S/C22H23N5O/c1-3-8-20(9-4-2)22(28,16-27-17-24-25-26-27)14-21-13-12-19(15-23-21)18-10-6-5-7-11-18/h3-13,15,17,28H,1,14,16H2,2H3/b9-4-,20-8+/t22-/m1/s1. The van der Waals surface area contributed by atoms with Crippen LogP contribution in [0.1, 0.15) is 12.6 Å². The molecule has 0 fully saturated rings. The van der Waals surface area contributed by atoms with Crippen LogP contribution >= 0.6 is 0 Å². The molecule has 2 heterocycles. The Bertz CT molecular complexity index is 946. The fraction of sp³-hybridized carbons (Fsp3) is 0.182. The van der Waals surface area contributed by atoms with E-state index in [-0.39, 0.29) is 6.54 Å². The van der Waals surface area contributed by atoms with E-state index in [1.165, 1.54) is 11.0 Å². The van der Waals surface area contributed by atoms with Crippen LogP contribution in [0.2, 0.25) is 0 Å². The van der Waals surface area contributed by atoms with E-state index in [1.807, 2.05) is 67.7 Å². The Morgan fingerprint density at radius 2 is 2.00 bits per heavy atom. The first-order valence-electron chi connectivity index (χ1n) is 9.04. The predicted octanol–water partition coefficient (Wildman–Crippen LogP) is 3.40. The van der Waals surface area contributed by atoms with E-state index in [0.717, 1.165) is 22.4 Å². The van der Waals surface area contributed by atoms with E-state index in [9.17, 15) is 5.11 Å². The number of hydrogen-bond acceptors (Lipinski definition) is 5. The second-order valence-electron chi connectivity index (χ2n) is 6.48. The molecule has 0 unspecified atom stereocenters. The summed E-state index contributed by atoms with van der Waals surface area (Å²) < 4.78 is 1.51. The topological polar surface area (TPSA) is 76.7 Å². The number of rotatable bonds is 8. The van der Waals surface area contributed by atoms with Crippen molar-refractivity contribution in [2.45, 2.75) is 25.5 Å². The Morgan fingerprint density at radius 3 is 2.61 bits per heavy atom. The summed E-state index contributed by atoms with van der Waals surface area (Å²) in [5, 5.41) is 22.7. The molecule has 0 aliphatic carbocycles. The molecule has 0 spiro atoms. The van der Waals surface area contributed by atoms with Gasteiger partial charge in [0, 0.05) is 23.9 Å². The van der Waals surface area contributed by atoms with Crippen molar-refractivity contribution in [3.05, 3.63) is 97.1 Å². The highest BCUT2D eigenvalue weighted by atomic mass is 16.3. The summed E-state index contributed by atoms with van der Waals surface area (Å²) in [6, 6.07) is 14.0. The van der Waals surface area contributed by atoms with Crippen LogP contribution in [0, 0.1) is 0 Å². The van der Waals surface area contributed by atoms with E-state index >= 15 is 0 Å². The molecular weight excluding hydrogens is 350 g/mol. The van der Waals surface area contributed by atoms with Gasteiger partial charge in [0.15, 0.2) is 0 Å². The average Bonchev–Trinajstić information content (AvgIpc) is 3.22. The molecule has 0 saturated carbocycles. The molecule has 0 amide bonds. The molecule has 1 aromatic carbocycles. The molecule has 2 aromatic heterocycles. The van der Waals surface area contributed by atoms with Gasteiger partial charge in [-0.1, -0.05) is 67.3 Å². The predicted molar refractivity (Wildman–Crippen MR) is 109 cm³/mol. The maximum Gasteiger partial charge on any atom is 0.138 e. The van der Waals surface area contributed by atoms with Gasteiger partial charge >= 0.3 is 0 Å². The van der Waals surface area contributed by atoms with Crippen molar-refractivity contribution in [2.24, 2.45) is 0 Å². The number of nitrogens with zero attached hydrogens (tertiary/aromatic N) is 5. The first-order chi connectivity index (χ1) is 13.6. The second kappa shape index (κ2) is 9.01. The third kappa shape index (κ3) is 4.66. The van der Waals surface area contributed by atoms with Gasteiger partial charge in [-0.2, -0.15) is 0 Å². The van der Waals surface area contributed by atoms with Gasteiger partial charge in [-0.15, -0.1) is 5.10 Å². The quantitative estimate of drug-likeness (QED) is 0.613. The van der Waals surface area contributed by atoms with Crippen LogP contribution in [0.4, 0.5) is 0 Å². The molecule has 1 atom stereocenters. The van der Waals surface area contributed by atoms with Crippen molar-refractivity contribution in [1.29, 1.82) is 0 Å². The molecule has 6 heteroatoms. The molecule has 142 valence electrons. The summed E-state index contributed by atoms with van der Waals surface area (Å²) in [5.41, 5.74) is 2.39. The van der Waals surface area contributed by atoms with Crippen molar-refractivity contribution in [3.8, 4) is 11.1 Å². The molecule has 0 radical (unpaired) electrons. The van der Waals surface area contributed by atoms with Crippen LogP contribution in [-0.4, -0.2) is 35.9 Å². The molecule has 0 aliphatic rings. The number of aromatic nitrogens is 5. The van der Waals surface area contributed by atoms with Gasteiger partial charge in [0.05, 0.1) is 6.54 Å². The lowest BCUT2D eigenvalue weighted by molar-refractivity contribution is 0.0581. The van der Waals surface area contributed by atoms with Gasteiger partial charge in [-0.25, -0.2) is 4.68 Å². The van der Waals surface area contributed by atoms with Crippen LogP contribution in [0.25, 0.3) is 11.1 Å². The highest BCUT2D eigenvalue weighted by Gasteiger charge is 2.32. The van der Waals surface area contributed by atoms with Gasteiger partial charge in [0.1, 0.15) is 11.9 Å². The first kappa shape index (κ1) is 19.4. The monoisotopic (exact) mass is 373 g/mol. The van der Waals surface area contributed by atoms with Crippen LogP contribution in [0.5, 0.6) is 0 Å². The minimum atomic E-state index is -1.24. The van der Waals surface area contributed by atoms with Crippen molar-refractivity contribution in [2.75, 3.05) is 0 Å². The Morgan fingerprint density at radius 1 is 1.18 bits per heavy atom. The second-order valence-corrected chi connectivity index (χ2v) is 6.48. The lowest BCUT2D eigenvalue weighted by atomic mass is 9.87. The molecule has 0 saturated heterocycles. The van der Waals surface area contributed by atoms with Crippen LogP contribution in [0.3, 0.4) is 0 Å². The number of pyridine rings is 1. The first-order valence-corrected chi connectivity index (χ1v) is 9.04. The van der Waals surface area contributed by atoms with E-state index in [1.54, 1.807) is 12.2 Å². The van der Waals surface area contributed by atoms with Crippen molar-refractivity contribution < 1.29 is 5.11 Å². The van der Waals surface area contributed by atoms with Crippen LogP contribution < -0.4 is 0 Å². The van der Waals surface area contributed by atoms with E-state index in [2.05, 4.69) is 27.1 Å². The van der Waals surface area contributed by atoms with Gasteiger partial charge in [0.2, 0.25) is 0 Å². The summed E-state index contributed by atoms with van der Waals surface area (Å²) in [6.45, 7) is 5.87. The summed E-state index contributed by atoms with van der Waals surface area (Å²) >= 11 is 0. The van der Waals surface area contributed by atoms with Crippen molar-refractivity contribution in [1.82, 2.24) is 25.2 Å². The Hall–Kier alpha value is -3.38. The summed E-state index contributed by atoms with van der Waals surface area (Å²) in [5.74, 6) is 0. The van der Waals surface area contributed by atoms with Gasteiger partial charge in [-0.3, -0.25) is 4.98 Å². The zero-order valence-corrected chi connectivity index (χ0v) is 15.8. The normalized spacial score (nSPS) is 14.1. The Kier molecular flexibility index (Phi) is 6.24. The number of hydrogen-bond donors (Lipinski definition) is 1. The Balaban J connectivity index is 1.90. The van der Waals surface area contributed by atoms with Crippen LogP contribution in [0.15, 0.2) is 91.4 Å². The number of tetrazole rings is 1. The molecule has 1 N–H and O–H groups in total. The number of benzene rings is 1. The molecule has 3 aromatic rings. The maximum atomic E-state index is 11.5. The molecule has 0 bridgehead atoms. The van der Waals surface area contributed by atoms with Crippen LogP contribution in [-0.2, 0) is 13.0 Å². The van der Waals surface area contributed by atoms with Gasteiger partial charge in [-0.05, 0) is 34.6 Å². The fourth-order valence-electron chi connectivity index (χ4n) is 3.07. The summed E-state index contributed by atoms with van der Waals surface area (Å²) in [7, 11) is 0. The summed E-state index contributed by atoms with van der Waals surface area (Å²) in [6.07, 6.45) is 10.8. The molecule has 6 nitrogen and oxygen atoms in total. The average molecular weight is 373 g/mol. The fourth-order valence-corrected chi connectivity index (χ4v) is 3.07. The smallest absolute Gasteiger partial charge is 0.138 e. The maximum absolute atomic E-state index is 11.5. The van der Waals surface area contributed by atoms with Crippen molar-refractivity contribution >= 4 is 0 Å². The summed E-state index contributed by atoms with van der Waals surface area (Å²) in [4.78, 5) is 4.57. The zero-order valence-electron chi connectivity index (χ0n) is 15.8. The lowest BCUT2D eigenvalue weighted by Crippen LogP contribution is -2.39. The third-order valence-corrected chi connectivity index (χ3v) is 4.40. The Labute approximate surface area is 164 Å². The highest BCUT2D eigenvalue weighted by Crippen LogP contribution is 2.26. The van der Waals surface area contributed by atoms with Crippen molar-refractivity contribution in [3.63, 3.8) is 0 Å². The molecular formula is C22H23N5O. The lowest BCUT2D eigenvalue weighted by Gasteiger charge is -2.29. The van der Waals surface area contributed by atoms with E-state index < -0.39 is 5.60 Å². The number of allylic oxidation sites excluding steroid dienone is 3. The molecule has 3 rings (SSSR count).